The van der Waals surface area contributed by atoms with Gasteiger partial charge < -0.3 is 28.0 Å². The van der Waals surface area contributed by atoms with Crippen LogP contribution in [0.1, 0.15) is 22.8 Å². The second kappa shape index (κ2) is 7.98. The van der Waals surface area contributed by atoms with Gasteiger partial charge in [0.25, 0.3) is 5.91 Å². The summed E-state index contributed by atoms with van der Waals surface area (Å²) < 4.78 is 0. The lowest BCUT2D eigenvalue weighted by Gasteiger charge is -2.10. The van der Waals surface area contributed by atoms with Crippen molar-refractivity contribution in [1.82, 2.24) is 0 Å². The maximum atomic E-state index is 12.3. The fourth-order valence-electron chi connectivity index (χ4n) is 2.07. The minimum absolute atomic E-state index is 0.229. The van der Waals surface area contributed by atoms with E-state index in [1.807, 2.05) is 0 Å². The van der Waals surface area contributed by atoms with Crippen LogP contribution in [0, 0.1) is 17.7 Å². The molecular formula is C17H22N6O. The Morgan fingerprint density at radius 2 is 1.71 bits per heavy atom. The summed E-state index contributed by atoms with van der Waals surface area (Å²) in [6.45, 7) is 3.35. The number of carbonyl (C=O) groups excluding carboxylic acids is 1. The number of aliphatic imine (C=N–C) groups is 1. The second-order valence-corrected chi connectivity index (χ2v) is 5.07. The highest BCUT2D eigenvalue weighted by molar-refractivity contribution is 6.33. The minimum atomic E-state index is -0.435. The Bertz CT molecular complexity index is 787. The van der Waals surface area contributed by atoms with Gasteiger partial charge in [-0.15, -0.1) is 0 Å². The van der Waals surface area contributed by atoms with Gasteiger partial charge in [-0.1, -0.05) is 0 Å². The van der Waals surface area contributed by atoms with E-state index in [4.69, 9.17) is 22.3 Å². The normalized spacial score (nSPS) is 14.8. The third kappa shape index (κ3) is 4.23. The molecule has 126 valence electrons. The number of amides is 1. The third-order valence-corrected chi connectivity index (χ3v) is 3.30. The molecule has 1 aromatic rings. The zero-order valence-electron chi connectivity index (χ0n) is 14.0. The van der Waals surface area contributed by atoms with E-state index >= 15 is 0 Å². The molecule has 0 atom stereocenters. The van der Waals surface area contributed by atoms with Crippen LogP contribution >= 0.6 is 0 Å². The number of carbonyl (C=O) groups is 1. The molecule has 0 saturated heterocycles. The number of nitrogen functional groups attached to an aromatic ring is 2. The first-order chi connectivity index (χ1) is 11.3. The van der Waals surface area contributed by atoms with Crippen LogP contribution in [0.25, 0.3) is 0 Å². The van der Waals surface area contributed by atoms with Gasteiger partial charge in [0.1, 0.15) is 0 Å². The number of hydrogen-bond donors (Lipinski definition) is 5. The molecule has 0 aromatic heterocycles. The predicted molar refractivity (Wildman–Crippen MR) is 100 cm³/mol. The molecule has 7 heteroatoms. The molecular weight excluding hydrogens is 304 g/mol. The number of nitrogens with one attached hydrogen (secondary N) is 2. The Kier molecular flexibility index (Phi) is 6.31. The highest BCUT2D eigenvalue weighted by Crippen LogP contribution is 2.21. The minimum Gasteiger partial charge on any atom is -0.397 e. The highest BCUT2D eigenvalue weighted by Gasteiger charge is 2.14. The second-order valence-electron chi connectivity index (χ2n) is 5.07. The van der Waals surface area contributed by atoms with Gasteiger partial charge in [0, 0.05) is 16.8 Å². The summed E-state index contributed by atoms with van der Waals surface area (Å²) >= 11 is 0. The van der Waals surface area contributed by atoms with Crippen molar-refractivity contribution in [2.75, 3.05) is 18.5 Å². The average molecular weight is 326 g/mol. The van der Waals surface area contributed by atoms with E-state index in [2.05, 4.69) is 10.7 Å². The van der Waals surface area contributed by atoms with E-state index in [1.54, 1.807) is 32.1 Å². The molecule has 0 fully saturated rings. The number of nitrogens with two attached hydrogens (primary N) is 3. The van der Waals surface area contributed by atoms with Crippen LogP contribution in [-0.2, 0) is 0 Å². The molecule has 0 unspecified atom stereocenters. The van der Waals surface area contributed by atoms with Crippen LogP contribution in [-0.4, -0.2) is 30.1 Å². The molecule has 1 aromatic carbocycles. The molecule has 0 saturated carbocycles. The number of anilines is 2. The van der Waals surface area contributed by atoms with Crippen molar-refractivity contribution in [1.29, 1.82) is 10.8 Å². The van der Waals surface area contributed by atoms with Crippen molar-refractivity contribution < 1.29 is 4.79 Å². The first kappa shape index (κ1) is 19.0. The van der Waals surface area contributed by atoms with E-state index in [9.17, 15) is 4.79 Å². The molecule has 0 bridgehead atoms. The van der Waals surface area contributed by atoms with Crippen LogP contribution in [0.15, 0.2) is 40.9 Å². The van der Waals surface area contributed by atoms with Crippen LogP contribution in [0.4, 0.5) is 11.4 Å². The number of benzene rings is 1. The maximum absolute atomic E-state index is 12.3. The summed E-state index contributed by atoms with van der Waals surface area (Å²) in [6.07, 6.45) is 4.64. The molecule has 24 heavy (non-hydrogen) atoms. The first-order valence-electron chi connectivity index (χ1n) is 7.20. The summed E-state index contributed by atoms with van der Waals surface area (Å²) in [7, 11) is 1.50. The van der Waals surface area contributed by atoms with Gasteiger partial charge in [0.05, 0.1) is 22.8 Å². The Hall–Kier alpha value is -3.06. The van der Waals surface area contributed by atoms with Gasteiger partial charge in [-0.3, -0.25) is 4.79 Å². The molecule has 2 rings (SSSR count). The highest BCUT2D eigenvalue weighted by atomic mass is 16.1. The number of aryl methyl sites for hydroxylation is 1. The Morgan fingerprint density at radius 1 is 1.12 bits per heavy atom. The van der Waals surface area contributed by atoms with E-state index in [1.165, 1.54) is 19.2 Å². The van der Waals surface area contributed by atoms with Gasteiger partial charge in [-0.2, -0.15) is 0 Å². The molecule has 1 amide bonds. The first-order valence-corrected chi connectivity index (χ1v) is 7.20. The fraction of sp³-hybridized carbons (Fsp3) is 0.176. The van der Waals surface area contributed by atoms with E-state index in [0.29, 0.717) is 33.8 Å². The topological polar surface area (TPSA) is 155 Å². The monoisotopic (exact) mass is 326 g/mol. The molecule has 0 aliphatic heterocycles. The molecule has 0 radical (unpaired) electrons. The smallest absolute Gasteiger partial charge is 0.277 e. The molecule has 8 N–H and O–H groups in total. The number of hydrogen-bond acceptors (Lipinski definition) is 6. The summed E-state index contributed by atoms with van der Waals surface area (Å²) in [5.41, 5.74) is 19.1. The zero-order chi connectivity index (χ0) is 18.4. The maximum Gasteiger partial charge on any atom is 0.277 e. The lowest BCUT2D eigenvalue weighted by Crippen LogP contribution is -2.14. The van der Waals surface area contributed by atoms with Crippen LogP contribution in [0.5, 0.6) is 0 Å². The fourth-order valence-corrected chi connectivity index (χ4v) is 2.07. The summed E-state index contributed by atoms with van der Waals surface area (Å²) in [5, 5.41) is 15.4. The largest absolute Gasteiger partial charge is 0.397 e. The summed E-state index contributed by atoms with van der Waals surface area (Å²) in [6, 6.07) is 3.15. The third-order valence-electron chi connectivity index (χ3n) is 3.30. The van der Waals surface area contributed by atoms with E-state index in [0.717, 1.165) is 0 Å². The SMILES string of the molecule is CC(=N)C1=CC(=NC(=O)c2cc(N)c(N)cc2C)C=CC1=N.CN. The van der Waals surface area contributed by atoms with Crippen molar-refractivity contribution in [2.24, 2.45) is 10.7 Å². The van der Waals surface area contributed by atoms with Gasteiger partial charge in [-0.25, -0.2) is 4.99 Å². The molecule has 1 aliphatic rings. The lowest BCUT2D eigenvalue weighted by atomic mass is 9.99. The Labute approximate surface area is 141 Å². The number of allylic oxidation sites excluding steroid dienone is 4. The van der Waals surface area contributed by atoms with Crippen molar-refractivity contribution in [2.45, 2.75) is 13.8 Å². The van der Waals surface area contributed by atoms with Crippen LogP contribution in [0.3, 0.4) is 0 Å². The van der Waals surface area contributed by atoms with Gasteiger partial charge in [-0.05, 0) is 56.8 Å². The van der Waals surface area contributed by atoms with Crippen LogP contribution < -0.4 is 17.2 Å². The summed E-state index contributed by atoms with van der Waals surface area (Å²) in [5.74, 6) is -0.435. The molecule has 7 nitrogen and oxygen atoms in total. The zero-order valence-corrected chi connectivity index (χ0v) is 14.0. The van der Waals surface area contributed by atoms with Crippen molar-refractivity contribution >= 4 is 34.4 Å². The number of nitrogens with zero attached hydrogens (tertiary/aromatic N) is 1. The van der Waals surface area contributed by atoms with Crippen molar-refractivity contribution in [3.8, 4) is 0 Å². The lowest BCUT2D eigenvalue weighted by molar-refractivity contribution is 0.100. The van der Waals surface area contributed by atoms with Gasteiger partial charge in [0.15, 0.2) is 0 Å². The quantitative estimate of drug-likeness (QED) is 0.319. The molecule has 1 aliphatic carbocycles. The Balaban J connectivity index is 0.00000139. The van der Waals surface area contributed by atoms with Gasteiger partial charge >= 0.3 is 0 Å². The molecule has 0 heterocycles. The van der Waals surface area contributed by atoms with E-state index in [-0.39, 0.29) is 11.4 Å². The van der Waals surface area contributed by atoms with E-state index < -0.39 is 5.91 Å². The molecule has 0 spiro atoms. The number of rotatable bonds is 2. The summed E-state index contributed by atoms with van der Waals surface area (Å²) in [4.78, 5) is 16.3. The predicted octanol–water partition coefficient (Wildman–Crippen LogP) is 1.87. The van der Waals surface area contributed by atoms with Gasteiger partial charge in [0.2, 0.25) is 0 Å². The standard InChI is InChI=1S/C16H17N5O.CH5N/c1-8-5-14(19)15(20)7-11(8)16(22)21-10-3-4-13(18)12(6-10)9(2)17;1-2/h3-7,17-18H,19-20H2,1-2H3;2H2,1H3. The van der Waals surface area contributed by atoms with Crippen LogP contribution in [0.2, 0.25) is 0 Å². The van der Waals surface area contributed by atoms with Crippen molar-refractivity contribution in [3.05, 3.63) is 47.1 Å². The average Bonchev–Trinajstić information content (AvgIpc) is 2.54. The Morgan fingerprint density at radius 3 is 2.29 bits per heavy atom. The van der Waals surface area contributed by atoms with Crippen molar-refractivity contribution in [3.63, 3.8) is 0 Å².